The Morgan fingerprint density at radius 2 is 1.84 bits per heavy atom. The smallest absolute Gasteiger partial charge is 0.222 e. The molecular weight excluding hydrogens is 314 g/mol. The van der Waals surface area contributed by atoms with Crippen molar-refractivity contribution in [2.75, 3.05) is 11.5 Å². The fourth-order valence-corrected chi connectivity index (χ4v) is 2.48. The average Bonchev–Trinajstić information content (AvgIpc) is 2.60. The SMILES string of the molecule is Cc1ccc(-c2nc(N)nc(N)c2C#N)c(OCc2ccccc2)c1. The van der Waals surface area contributed by atoms with Crippen LogP contribution in [0.2, 0.25) is 0 Å². The summed E-state index contributed by atoms with van der Waals surface area (Å²) in [6.45, 7) is 2.36. The number of ether oxygens (including phenoxy) is 1. The van der Waals surface area contributed by atoms with E-state index < -0.39 is 0 Å². The number of nitrogens with zero attached hydrogens (tertiary/aromatic N) is 3. The molecule has 0 fully saturated rings. The van der Waals surface area contributed by atoms with Crippen molar-refractivity contribution in [1.82, 2.24) is 9.97 Å². The third-order valence-corrected chi connectivity index (χ3v) is 3.70. The van der Waals surface area contributed by atoms with E-state index in [-0.39, 0.29) is 17.3 Å². The van der Waals surface area contributed by atoms with Crippen LogP contribution in [-0.2, 0) is 6.61 Å². The number of aryl methyl sites for hydroxylation is 1. The number of hydrogen-bond acceptors (Lipinski definition) is 6. The third kappa shape index (κ3) is 3.51. The summed E-state index contributed by atoms with van der Waals surface area (Å²) < 4.78 is 5.99. The van der Waals surface area contributed by atoms with Crippen molar-refractivity contribution >= 4 is 11.8 Å². The van der Waals surface area contributed by atoms with E-state index in [2.05, 4.69) is 9.97 Å². The standard InChI is InChI=1S/C19H17N5O/c1-12-7-8-14(17-15(10-20)18(21)24-19(22)23-17)16(9-12)25-11-13-5-3-2-4-6-13/h2-9H,11H2,1H3,(H4,21,22,23,24). The van der Waals surface area contributed by atoms with Crippen LogP contribution in [0.3, 0.4) is 0 Å². The van der Waals surface area contributed by atoms with Gasteiger partial charge in [-0.25, -0.2) is 4.98 Å². The number of benzene rings is 2. The van der Waals surface area contributed by atoms with Crippen LogP contribution in [-0.4, -0.2) is 9.97 Å². The van der Waals surface area contributed by atoms with Crippen LogP contribution >= 0.6 is 0 Å². The molecule has 0 unspecified atom stereocenters. The Morgan fingerprint density at radius 1 is 1.08 bits per heavy atom. The van der Waals surface area contributed by atoms with Gasteiger partial charge in [0.2, 0.25) is 5.95 Å². The van der Waals surface area contributed by atoms with Crippen molar-refractivity contribution in [2.24, 2.45) is 0 Å². The van der Waals surface area contributed by atoms with Crippen molar-refractivity contribution < 1.29 is 4.74 Å². The first-order valence-electron chi connectivity index (χ1n) is 7.69. The number of nitrogen functional groups attached to an aromatic ring is 2. The maximum atomic E-state index is 9.41. The Hall–Kier alpha value is -3.59. The molecule has 0 spiro atoms. The summed E-state index contributed by atoms with van der Waals surface area (Å²) in [7, 11) is 0. The molecule has 3 rings (SSSR count). The van der Waals surface area contributed by atoms with E-state index >= 15 is 0 Å². The van der Waals surface area contributed by atoms with E-state index in [0.29, 0.717) is 23.6 Å². The molecule has 4 N–H and O–H groups in total. The lowest BCUT2D eigenvalue weighted by Crippen LogP contribution is -2.06. The maximum absolute atomic E-state index is 9.41. The van der Waals surface area contributed by atoms with Gasteiger partial charge < -0.3 is 16.2 Å². The van der Waals surface area contributed by atoms with Crippen molar-refractivity contribution in [3.8, 4) is 23.1 Å². The summed E-state index contributed by atoms with van der Waals surface area (Å²) in [6.07, 6.45) is 0. The number of rotatable bonds is 4. The Morgan fingerprint density at radius 3 is 2.56 bits per heavy atom. The molecule has 124 valence electrons. The molecule has 0 bridgehead atoms. The summed E-state index contributed by atoms with van der Waals surface area (Å²) in [4.78, 5) is 8.06. The van der Waals surface area contributed by atoms with Crippen LogP contribution in [0.5, 0.6) is 5.75 Å². The van der Waals surface area contributed by atoms with Crippen LogP contribution < -0.4 is 16.2 Å². The third-order valence-electron chi connectivity index (χ3n) is 3.70. The minimum atomic E-state index is 0.0149. The van der Waals surface area contributed by atoms with Crippen LogP contribution in [0.15, 0.2) is 48.5 Å². The van der Waals surface area contributed by atoms with Crippen LogP contribution in [0.4, 0.5) is 11.8 Å². The molecule has 0 aliphatic carbocycles. The second kappa shape index (κ2) is 6.89. The molecule has 0 aliphatic heterocycles. The molecule has 2 aromatic carbocycles. The van der Waals surface area contributed by atoms with Gasteiger partial charge in [0, 0.05) is 5.56 Å². The molecule has 0 saturated carbocycles. The molecule has 25 heavy (non-hydrogen) atoms. The minimum Gasteiger partial charge on any atom is -0.488 e. The highest BCUT2D eigenvalue weighted by atomic mass is 16.5. The zero-order chi connectivity index (χ0) is 17.8. The zero-order valence-corrected chi connectivity index (χ0v) is 13.7. The molecule has 1 heterocycles. The predicted octanol–water partition coefficient (Wildman–Crippen LogP) is 3.07. The molecule has 6 nitrogen and oxygen atoms in total. The fraction of sp³-hybridized carbons (Fsp3) is 0.105. The molecule has 0 radical (unpaired) electrons. The first-order valence-corrected chi connectivity index (χ1v) is 7.69. The van der Waals surface area contributed by atoms with Crippen molar-refractivity contribution in [2.45, 2.75) is 13.5 Å². The Kier molecular flexibility index (Phi) is 4.48. The Bertz CT molecular complexity index is 948. The van der Waals surface area contributed by atoms with Gasteiger partial charge in [0.1, 0.15) is 29.8 Å². The van der Waals surface area contributed by atoms with Crippen LogP contribution in [0.1, 0.15) is 16.7 Å². The first kappa shape index (κ1) is 16.3. The molecule has 0 atom stereocenters. The second-order valence-corrected chi connectivity index (χ2v) is 5.58. The van der Waals surface area contributed by atoms with Gasteiger partial charge in [0.05, 0.1) is 5.69 Å². The molecule has 3 aromatic rings. The van der Waals surface area contributed by atoms with Gasteiger partial charge in [-0.15, -0.1) is 0 Å². The van der Waals surface area contributed by atoms with Crippen LogP contribution in [0.25, 0.3) is 11.3 Å². The van der Waals surface area contributed by atoms with Gasteiger partial charge in [0.15, 0.2) is 0 Å². The van der Waals surface area contributed by atoms with E-state index in [1.807, 2.05) is 61.5 Å². The maximum Gasteiger partial charge on any atom is 0.222 e. The molecule has 6 heteroatoms. The van der Waals surface area contributed by atoms with Gasteiger partial charge in [-0.05, 0) is 30.2 Å². The lowest BCUT2D eigenvalue weighted by Gasteiger charge is -2.14. The molecule has 0 aliphatic rings. The minimum absolute atomic E-state index is 0.0149. The molecule has 0 saturated heterocycles. The number of nitrogens with two attached hydrogens (primary N) is 2. The number of nitriles is 1. The summed E-state index contributed by atoms with van der Waals surface area (Å²) in [6, 6.07) is 17.5. The highest BCUT2D eigenvalue weighted by Gasteiger charge is 2.17. The van der Waals surface area contributed by atoms with Gasteiger partial charge in [-0.2, -0.15) is 10.2 Å². The topological polar surface area (TPSA) is 111 Å². The Labute approximate surface area is 145 Å². The normalized spacial score (nSPS) is 10.2. The van der Waals surface area contributed by atoms with Crippen molar-refractivity contribution in [3.05, 3.63) is 65.2 Å². The summed E-state index contributed by atoms with van der Waals surface area (Å²) in [5, 5.41) is 9.41. The largest absolute Gasteiger partial charge is 0.488 e. The van der Waals surface area contributed by atoms with Crippen molar-refractivity contribution in [3.63, 3.8) is 0 Å². The monoisotopic (exact) mass is 331 g/mol. The molecule has 1 aromatic heterocycles. The average molecular weight is 331 g/mol. The number of hydrogen-bond donors (Lipinski definition) is 2. The molecule has 0 amide bonds. The first-order chi connectivity index (χ1) is 12.1. The second-order valence-electron chi connectivity index (χ2n) is 5.58. The quantitative estimate of drug-likeness (QED) is 0.760. The molecular formula is C19H17N5O. The lowest BCUT2D eigenvalue weighted by atomic mass is 10.0. The summed E-state index contributed by atoms with van der Waals surface area (Å²) >= 11 is 0. The van der Waals surface area contributed by atoms with E-state index in [0.717, 1.165) is 11.1 Å². The van der Waals surface area contributed by atoms with E-state index in [4.69, 9.17) is 16.2 Å². The van der Waals surface area contributed by atoms with E-state index in [1.165, 1.54) is 0 Å². The predicted molar refractivity (Wildman–Crippen MR) is 96.5 cm³/mol. The van der Waals surface area contributed by atoms with Crippen LogP contribution in [0, 0.1) is 18.3 Å². The lowest BCUT2D eigenvalue weighted by molar-refractivity contribution is 0.307. The van der Waals surface area contributed by atoms with Gasteiger partial charge in [-0.3, -0.25) is 0 Å². The Balaban J connectivity index is 2.05. The number of anilines is 2. The van der Waals surface area contributed by atoms with Gasteiger partial charge >= 0.3 is 0 Å². The highest BCUT2D eigenvalue weighted by Crippen LogP contribution is 2.34. The highest BCUT2D eigenvalue weighted by molar-refractivity contribution is 5.77. The number of aromatic nitrogens is 2. The fourth-order valence-electron chi connectivity index (χ4n) is 2.48. The summed E-state index contributed by atoms with van der Waals surface area (Å²) in [5.41, 5.74) is 14.8. The van der Waals surface area contributed by atoms with E-state index in [9.17, 15) is 5.26 Å². The van der Waals surface area contributed by atoms with Gasteiger partial charge in [-0.1, -0.05) is 36.4 Å². The van der Waals surface area contributed by atoms with E-state index in [1.54, 1.807) is 0 Å². The van der Waals surface area contributed by atoms with Crippen molar-refractivity contribution in [1.29, 1.82) is 5.26 Å². The van der Waals surface area contributed by atoms with Gasteiger partial charge in [0.25, 0.3) is 0 Å². The zero-order valence-electron chi connectivity index (χ0n) is 13.7. The summed E-state index contributed by atoms with van der Waals surface area (Å²) in [5.74, 6) is 0.679.